The van der Waals surface area contributed by atoms with Crippen LogP contribution in [0.15, 0.2) is 34.9 Å². The Hall–Kier alpha value is -2.43. The molecule has 1 N–H and O–H groups in total. The molecule has 1 aromatic carbocycles. The fourth-order valence-electron chi connectivity index (χ4n) is 1.72. The van der Waals surface area contributed by atoms with Gasteiger partial charge in [0.25, 0.3) is 5.91 Å². The molecule has 0 bridgehead atoms. The number of benzene rings is 1. The summed E-state index contributed by atoms with van der Waals surface area (Å²) in [6.45, 7) is 2.07. The third-order valence-corrected chi connectivity index (χ3v) is 2.58. The minimum absolute atomic E-state index is 0.212. The smallest absolute Gasteiger partial charge is 0.291 e. The molecular weight excluding hydrogens is 234 g/mol. The topological polar surface area (TPSA) is 60.7 Å². The van der Waals surface area contributed by atoms with Crippen LogP contribution in [0.2, 0.25) is 0 Å². The molecule has 1 aromatic heterocycles. The first-order chi connectivity index (χ1) is 8.72. The van der Waals surface area contributed by atoms with E-state index in [0.29, 0.717) is 17.2 Å². The van der Waals surface area contributed by atoms with Crippen LogP contribution in [-0.4, -0.2) is 12.7 Å². The van der Waals surface area contributed by atoms with Gasteiger partial charge in [-0.3, -0.25) is 4.79 Å². The molecule has 0 saturated heterocycles. The number of ether oxygens (including phenoxy) is 2. The predicted octanol–water partition coefficient (Wildman–Crippen LogP) is 2.57. The van der Waals surface area contributed by atoms with Gasteiger partial charge in [0.15, 0.2) is 17.3 Å². The molecule has 3 rings (SSSR count). The molecule has 5 heteroatoms. The Morgan fingerprint density at radius 1 is 1.22 bits per heavy atom. The van der Waals surface area contributed by atoms with Crippen molar-refractivity contribution in [2.24, 2.45) is 0 Å². The predicted molar refractivity (Wildman–Crippen MR) is 64.0 cm³/mol. The highest BCUT2D eigenvalue weighted by Crippen LogP contribution is 2.34. The minimum atomic E-state index is -0.290. The van der Waals surface area contributed by atoms with Crippen LogP contribution >= 0.6 is 0 Å². The van der Waals surface area contributed by atoms with Crippen LogP contribution in [0.1, 0.15) is 16.1 Å². The van der Waals surface area contributed by atoms with Crippen molar-refractivity contribution in [2.75, 3.05) is 12.1 Å². The third-order valence-electron chi connectivity index (χ3n) is 2.58. The molecule has 0 unspecified atom stereocenters. The summed E-state index contributed by atoms with van der Waals surface area (Å²) in [4.78, 5) is 11.9. The molecule has 0 fully saturated rings. The SMILES string of the molecule is Cc1coc(C(=O)Nc2ccc3c(c2)OCO3)c1. The number of furan rings is 1. The standard InChI is InChI=1S/C13H11NO4/c1-8-4-12(16-6-8)13(15)14-9-2-3-10-11(5-9)18-7-17-10/h2-6H,7H2,1H3,(H,14,15). The Kier molecular flexibility index (Phi) is 2.44. The Bertz CT molecular complexity index is 603. The molecule has 0 spiro atoms. The van der Waals surface area contributed by atoms with Crippen molar-refractivity contribution in [3.63, 3.8) is 0 Å². The monoisotopic (exact) mass is 245 g/mol. The van der Waals surface area contributed by atoms with Crippen molar-refractivity contribution in [2.45, 2.75) is 6.92 Å². The first-order valence-corrected chi connectivity index (χ1v) is 5.48. The van der Waals surface area contributed by atoms with Gasteiger partial charge >= 0.3 is 0 Å². The summed E-state index contributed by atoms with van der Waals surface area (Å²) >= 11 is 0. The van der Waals surface area contributed by atoms with Crippen molar-refractivity contribution in [3.05, 3.63) is 41.9 Å². The molecule has 0 radical (unpaired) electrons. The van der Waals surface area contributed by atoms with Gasteiger partial charge in [0.1, 0.15) is 0 Å². The van der Waals surface area contributed by atoms with Crippen molar-refractivity contribution in [1.82, 2.24) is 0 Å². The first kappa shape index (κ1) is 10.7. The van der Waals surface area contributed by atoms with Crippen LogP contribution in [0.5, 0.6) is 11.5 Å². The van der Waals surface area contributed by atoms with Crippen LogP contribution in [0.3, 0.4) is 0 Å². The number of hydrogen-bond acceptors (Lipinski definition) is 4. The van der Waals surface area contributed by atoms with E-state index in [9.17, 15) is 4.79 Å². The van der Waals surface area contributed by atoms with Crippen LogP contribution in [0.4, 0.5) is 5.69 Å². The van der Waals surface area contributed by atoms with Crippen LogP contribution in [0, 0.1) is 6.92 Å². The molecule has 0 atom stereocenters. The fourth-order valence-corrected chi connectivity index (χ4v) is 1.72. The molecule has 2 heterocycles. The van der Waals surface area contributed by atoms with Crippen molar-refractivity contribution in [1.29, 1.82) is 0 Å². The first-order valence-electron chi connectivity index (χ1n) is 5.48. The van der Waals surface area contributed by atoms with Gasteiger partial charge in [-0.25, -0.2) is 0 Å². The highest BCUT2D eigenvalue weighted by atomic mass is 16.7. The molecule has 0 aliphatic carbocycles. The normalized spacial score (nSPS) is 12.5. The van der Waals surface area contributed by atoms with Gasteiger partial charge in [-0.1, -0.05) is 0 Å². The van der Waals surface area contributed by atoms with E-state index in [1.807, 2.05) is 6.92 Å². The van der Waals surface area contributed by atoms with Crippen molar-refractivity contribution >= 4 is 11.6 Å². The van der Waals surface area contributed by atoms with Crippen LogP contribution in [0.25, 0.3) is 0 Å². The van der Waals surface area contributed by atoms with Gasteiger partial charge in [0, 0.05) is 11.8 Å². The molecule has 2 aromatic rings. The summed E-state index contributed by atoms with van der Waals surface area (Å²) in [7, 11) is 0. The molecule has 92 valence electrons. The number of aryl methyl sites for hydroxylation is 1. The Balaban J connectivity index is 1.78. The highest BCUT2D eigenvalue weighted by Gasteiger charge is 2.15. The second-order valence-corrected chi connectivity index (χ2v) is 4.01. The fraction of sp³-hybridized carbons (Fsp3) is 0.154. The van der Waals surface area contributed by atoms with Crippen LogP contribution in [-0.2, 0) is 0 Å². The Labute approximate surface area is 103 Å². The van der Waals surface area contributed by atoms with E-state index < -0.39 is 0 Å². The number of anilines is 1. The number of carbonyl (C=O) groups excluding carboxylic acids is 1. The lowest BCUT2D eigenvalue weighted by molar-refractivity contribution is 0.0996. The highest BCUT2D eigenvalue weighted by molar-refractivity contribution is 6.02. The summed E-state index contributed by atoms with van der Waals surface area (Å²) in [5.74, 6) is 1.30. The average molecular weight is 245 g/mol. The Morgan fingerprint density at radius 3 is 2.83 bits per heavy atom. The summed E-state index contributed by atoms with van der Waals surface area (Å²) in [5, 5.41) is 2.73. The van der Waals surface area contributed by atoms with Gasteiger partial charge in [-0.2, -0.15) is 0 Å². The van der Waals surface area contributed by atoms with Crippen molar-refractivity contribution < 1.29 is 18.7 Å². The quantitative estimate of drug-likeness (QED) is 0.883. The third kappa shape index (κ3) is 1.90. The lowest BCUT2D eigenvalue weighted by Crippen LogP contribution is -2.10. The molecule has 18 heavy (non-hydrogen) atoms. The van der Waals surface area contributed by atoms with Gasteiger partial charge in [0.2, 0.25) is 6.79 Å². The summed E-state index contributed by atoms with van der Waals surface area (Å²) < 4.78 is 15.5. The van der Waals surface area contributed by atoms with Gasteiger partial charge < -0.3 is 19.2 Å². The molecule has 1 aliphatic rings. The van der Waals surface area contributed by atoms with E-state index in [2.05, 4.69) is 5.32 Å². The van der Waals surface area contributed by atoms with E-state index in [1.165, 1.54) is 6.26 Å². The zero-order valence-corrected chi connectivity index (χ0v) is 9.73. The number of amides is 1. The maximum atomic E-state index is 11.9. The molecular formula is C13H11NO4. The number of carbonyl (C=O) groups is 1. The van der Waals surface area contributed by atoms with E-state index in [1.54, 1.807) is 24.3 Å². The number of hydrogen-bond donors (Lipinski definition) is 1. The van der Waals surface area contributed by atoms with E-state index >= 15 is 0 Å². The summed E-state index contributed by atoms with van der Waals surface area (Å²) in [5.41, 5.74) is 1.55. The van der Waals surface area contributed by atoms with E-state index in [4.69, 9.17) is 13.9 Å². The zero-order valence-electron chi connectivity index (χ0n) is 9.73. The molecule has 0 saturated carbocycles. The second kappa shape index (κ2) is 4.10. The Morgan fingerprint density at radius 2 is 2.06 bits per heavy atom. The van der Waals surface area contributed by atoms with Crippen molar-refractivity contribution in [3.8, 4) is 11.5 Å². The van der Waals surface area contributed by atoms with Crippen LogP contribution < -0.4 is 14.8 Å². The summed E-state index contributed by atoms with van der Waals surface area (Å²) in [6.07, 6.45) is 1.54. The minimum Gasteiger partial charge on any atom is -0.459 e. The zero-order chi connectivity index (χ0) is 12.5. The van der Waals surface area contributed by atoms with E-state index in [-0.39, 0.29) is 18.5 Å². The summed E-state index contributed by atoms with van der Waals surface area (Å²) in [6, 6.07) is 6.91. The van der Waals surface area contributed by atoms with Gasteiger partial charge in [0.05, 0.1) is 6.26 Å². The maximum absolute atomic E-state index is 11.9. The largest absolute Gasteiger partial charge is 0.459 e. The molecule has 1 aliphatic heterocycles. The van der Waals surface area contributed by atoms with Gasteiger partial charge in [-0.05, 0) is 30.7 Å². The number of nitrogens with one attached hydrogen (secondary N) is 1. The van der Waals surface area contributed by atoms with E-state index in [0.717, 1.165) is 5.56 Å². The average Bonchev–Trinajstić information content (AvgIpc) is 2.96. The lowest BCUT2D eigenvalue weighted by Gasteiger charge is -2.04. The second-order valence-electron chi connectivity index (χ2n) is 4.01. The molecule has 1 amide bonds. The maximum Gasteiger partial charge on any atom is 0.291 e. The number of fused-ring (bicyclic) bond motifs is 1. The lowest BCUT2D eigenvalue weighted by atomic mass is 10.2. The van der Waals surface area contributed by atoms with Gasteiger partial charge in [-0.15, -0.1) is 0 Å². The molecule has 5 nitrogen and oxygen atoms in total. The number of rotatable bonds is 2.